The molecule has 8 heterocycles. The molecule has 6 aliphatic heterocycles. The number of hydrogen-bond acceptors (Lipinski definition) is 8. The number of nitrogens with two attached hydrogens (primary N) is 1. The van der Waals surface area contributed by atoms with Gasteiger partial charge in [0.1, 0.15) is 5.69 Å². The molecule has 6 fully saturated rings. The highest BCUT2D eigenvalue weighted by atomic mass is 35.5. The maximum absolute atomic E-state index is 12.9. The Morgan fingerprint density at radius 2 is 1.39 bits per heavy atom. The van der Waals surface area contributed by atoms with Gasteiger partial charge in [0.15, 0.2) is 5.78 Å². The fraction of sp³-hybridized carbons (Fsp3) is 0.543. The van der Waals surface area contributed by atoms with Gasteiger partial charge in [-0.3, -0.25) is 24.8 Å². The number of hydrogen-bond donors (Lipinski definition) is 3. The fourth-order valence-electron chi connectivity index (χ4n) is 8.08. The van der Waals surface area contributed by atoms with Gasteiger partial charge in [0.05, 0.1) is 17.2 Å². The van der Waals surface area contributed by atoms with Gasteiger partial charge in [0.25, 0.3) is 0 Å². The van der Waals surface area contributed by atoms with Crippen molar-refractivity contribution in [2.24, 2.45) is 23.5 Å². The number of Topliss-reactive ketones (excluding diaryl/α,β-unsaturated/α-hetero) is 1. The number of aromatic nitrogens is 4. The van der Waals surface area contributed by atoms with E-state index in [0.29, 0.717) is 30.0 Å². The molecule has 6 saturated heterocycles. The number of nitrogens with zero attached hydrogens (tertiary/aromatic N) is 4. The summed E-state index contributed by atoms with van der Waals surface area (Å²) in [6.07, 6.45) is 7.80. The van der Waals surface area contributed by atoms with Crippen LogP contribution in [0.3, 0.4) is 0 Å². The van der Waals surface area contributed by atoms with Crippen molar-refractivity contribution < 1.29 is 14.4 Å². The first-order valence-corrected chi connectivity index (χ1v) is 16.2. The van der Waals surface area contributed by atoms with Gasteiger partial charge in [0, 0.05) is 34.3 Å². The molecule has 0 aliphatic carbocycles. The molecule has 4 aromatic rings. The zero-order valence-electron chi connectivity index (χ0n) is 27.4. The summed E-state index contributed by atoms with van der Waals surface area (Å²) in [5, 5.41) is 16.1. The number of carbonyl (C=O) groups excluding carboxylic acids is 3. The molecule has 10 nitrogen and oxygen atoms in total. The number of ketones is 1. The van der Waals surface area contributed by atoms with Crippen LogP contribution in [0.15, 0.2) is 54.7 Å². The number of benzene rings is 2. The number of aromatic amines is 2. The van der Waals surface area contributed by atoms with E-state index in [1.165, 1.54) is 51.9 Å². The van der Waals surface area contributed by atoms with E-state index < -0.39 is 0 Å². The monoisotopic (exact) mass is 649 g/mol. The number of nitrogens with one attached hydrogen (secondary N) is 2. The van der Waals surface area contributed by atoms with Crippen molar-refractivity contribution in [1.82, 2.24) is 30.2 Å². The summed E-state index contributed by atoms with van der Waals surface area (Å²) in [5.41, 5.74) is 9.20. The van der Waals surface area contributed by atoms with E-state index in [2.05, 4.69) is 57.9 Å². The molecule has 0 radical (unpaired) electrons. The Balaban J connectivity index is 0.000000167. The third-order valence-electron chi connectivity index (χ3n) is 11.0. The van der Waals surface area contributed by atoms with Gasteiger partial charge < -0.3 is 5.73 Å². The third kappa shape index (κ3) is 7.27. The highest BCUT2D eigenvalue weighted by Crippen LogP contribution is 2.46. The second kappa shape index (κ2) is 15.0. The van der Waals surface area contributed by atoms with Gasteiger partial charge in [-0.2, -0.15) is 19.8 Å². The highest BCUT2D eigenvalue weighted by molar-refractivity contribution is 6.05. The Hall–Kier alpha value is -3.40. The van der Waals surface area contributed by atoms with Crippen molar-refractivity contribution in [2.45, 2.75) is 76.9 Å². The standard InChI is InChI=1S/C18H23N3O.C9H18N2.C7H6N2.CO2.ClH/c1-18(2)14(12-7-9-21(18)10-8-12)11-16(22)17-13-5-3-4-6-15(13)19-20-17;1-9(2)8(10)7-3-5-11(9)6-4-7;1-2-4-7-6(3-1)5-8-9-7;2-1-3;/h3-6,12,14H,7-11H2,1-2H3,(H,19,20);7-8H,3-6,10H2,1-2H3;1-5H,(H,8,9);;1H/t14-;8-;;;/m11.../s1. The SMILES string of the molecule is CC1(C)[C@H](CC(=O)c2n[nH]c3ccccc23)C2CCN1CC2.CC1(C)[C@H](N)C2CCN1CC2.Cl.O=C=O.c1ccc2[nH]ncc2c1. The van der Waals surface area contributed by atoms with Crippen molar-refractivity contribution in [3.8, 4) is 0 Å². The van der Waals surface area contributed by atoms with Gasteiger partial charge in [-0.15, -0.1) is 12.4 Å². The summed E-state index contributed by atoms with van der Waals surface area (Å²) in [6.45, 7) is 14.1. The highest BCUT2D eigenvalue weighted by Gasteiger charge is 2.48. The molecule has 11 heteroatoms. The van der Waals surface area contributed by atoms with Crippen molar-refractivity contribution >= 4 is 46.1 Å². The lowest BCUT2D eigenvalue weighted by atomic mass is 9.65. The van der Waals surface area contributed by atoms with Gasteiger partial charge in [-0.25, -0.2) is 0 Å². The van der Waals surface area contributed by atoms with E-state index in [0.717, 1.165) is 27.7 Å². The van der Waals surface area contributed by atoms with Crippen LogP contribution < -0.4 is 5.73 Å². The van der Waals surface area contributed by atoms with Crippen LogP contribution in [0, 0.1) is 17.8 Å². The van der Waals surface area contributed by atoms with Crippen LogP contribution >= 0.6 is 12.4 Å². The molecule has 2 atom stereocenters. The van der Waals surface area contributed by atoms with E-state index in [-0.39, 0.29) is 35.4 Å². The molecular formula is C35H48ClN7O3. The molecule has 10 rings (SSSR count). The van der Waals surface area contributed by atoms with Gasteiger partial charge in [-0.05, 0) is 109 Å². The second-order valence-electron chi connectivity index (χ2n) is 13.9. The van der Waals surface area contributed by atoms with Crippen molar-refractivity contribution in [3.63, 3.8) is 0 Å². The van der Waals surface area contributed by atoms with Gasteiger partial charge >= 0.3 is 6.15 Å². The Labute approximate surface area is 277 Å². The van der Waals surface area contributed by atoms with Crippen LogP contribution in [0.5, 0.6) is 0 Å². The van der Waals surface area contributed by atoms with Crippen LogP contribution in [-0.2, 0) is 9.59 Å². The molecule has 46 heavy (non-hydrogen) atoms. The summed E-state index contributed by atoms with van der Waals surface area (Å²) < 4.78 is 0. The zero-order chi connectivity index (χ0) is 32.2. The number of para-hydroxylation sites is 2. The largest absolute Gasteiger partial charge is 0.373 e. The molecule has 0 unspecified atom stereocenters. The first kappa shape index (κ1) is 35.5. The average molecular weight is 650 g/mol. The summed E-state index contributed by atoms with van der Waals surface area (Å²) in [7, 11) is 0. The molecule has 248 valence electrons. The molecule has 0 saturated carbocycles. The Morgan fingerprint density at radius 1 is 0.848 bits per heavy atom. The normalized spacial score (nSPS) is 27.8. The van der Waals surface area contributed by atoms with E-state index in [1.54, 1.807) is 0 Å². The Kier molecular flexibility index (Phi) is 11.6. The maximum Gasteiger partial charge on any atom is 0.373 e. The van der Waals surface area contributed by atoms with Crippen LogP contribution in [0.2, 0.25) is 0 Å². The molecule has 0 amide bonds. The average Bonchev–Trinajstić information content (AvgIpc) is 3.71. The summed E-state index contributed by atoms with van der Waals surface area (Å²) >= 11 is 0. The molecule has 2 aromatic heterocycles. The second-order valence-corrected chi connectivity index (χ2v) is 13.9. The quantitative estimate of drug-likeness (QED) is 0.248. The number of H-pyrrole nitrogens is 2. The minimum absolute atomic E-state index is 0. The van der Waals surface area contributed by atoms with Crippen LogP contribution in [0.4, 0.5) is 0 Å². The topological polar surface area (TPSA) is 141 Å². The number of carbonyl (C=O) groups is 1. The maximum atomic E-state index is 12.9. The summed E-state index contributed by atoms with van der Waals surface area (Å²) in [6, 6.07) is 16.3. The van der Waals surface area contributed by atoms with E-state index in [4.69, 9.17) is 15.3 Å². The molecule has 4 N–H and O–H groups in total. The number of rotatable bonds is 3. The lowest BCUT2D eigenvalue weighted by molar-refractivity contribution is -0.191. The van der Waals surface area contributed by atoms with Crippen LogP contribution in [0.25, 0.3) is 21.8 Å². The predicted octanol–water partition coefficient (Wildman–Crippen LogP) is 5.48. The minimum atomic E-state index is 0. The van der Waals surface area contributed by atoms with E-state index in [1.807, 2.05) is 54.7 Å². The Morgan fingerprint density at radius 3 is 1.93 bits per heavy atom. The smallest absolute Gasteiger partial charge is 0.326 e. The van der Waals surface area contributed by atoms with Crippen molar-refractivity contribution in [1.29, 1.82) is 0 Å². The third-order valence-corrected chi connectivity index (χ3v) is 11.0. The van der Waals surface area contributed by atoms with Crippen LogP contribution in [0.1, 0.15) is 70.3 Å². The fourth-order valence-corrected chi connectivity index (χ4v) is 8.08. The van der Waals surface area contributed by atoms with Gasteiger partial charge in [0.2, 0.25) is 0 Å². The van der Waals surface area contributed by atoms with Crippen molar-refractivity contribution in [3.05, 3.63) is 60.4 Å². The lowest BCUT2D eigenvalue weighted by Crippen LogP contribution is -2.67. The molecule has 2 aromatic carbocycles. The number of piperidine rings is 6. The zero-order valence-corrected chi connectivity index (χ0v) is 28.2. The predicted molar refractivity (Wildman–Crippen MR) is 182 cm³/mol. The summed E-state index contributed by atoms with van der Waals surface area (Å²) in [4.78, 5) is 34.2. The first-order valence-electron chi connectivity index (χ1n) is 16.2. The molecule has 0 spiro atoms. The van der Waals surface area contributed by atoms with Crippen molar-refractivity contribution in [2.75, 3.05) is 26.2 Å². The van der Waals surface area contributed by atoms with Gasteiger partial charge in [-0.1, -0.05) is 36.4 Å². The van der Waals surface area contributed by atoms with E-state index in [9.17, 15) is 4.79 Å². The Bertz CT molecular complexity index is 1580. The minimum Gasteiger partial charge on any atom is -0.326 e. The summed E-state index contributed by atoms with van der Waals surface area (Å²) in [5.74, 6) is 2.12. The number of halogens is 1. The molecule has 6 aliphatic rings. The number of fused-ring (bicyclic) bond motifs is 8. The lowest BCUT2D eigenvalue weighted by Gasteiger charge is -2.56. The molecule has 4 bridgehead atoms. The molecular weight excluding hydrogens is 602 g/mol. The van der Waals surface area contributed by atoms with E-state index >= 15 is 0 Å². The first-order chi connectivity index (χ1) is 21.6. The van der Waals surface area contributed by atoms with Crippen LogP contribution in [-0.4, -0.2) is 85.4 Å².